The number of carbonyl (C=O) groups is 2. The molecule has 0 rings (SSSR count). The molecule has 23 heavy (non-hydrogen) atoms. The second-order valence-corrected chi connectivity index (χ2v) is 5.45. The molecular formula is C17H34N2O4. The van der Waals surface area contributed by atoms with Gasteiger partial charge in [-0.05, 0) is 38.8 Å². The first-order valence-corrected chi connectivity index (χ1v) is 8.92. The molecule has 0 aliphatic rings. The van der Waals surface area contributed by atoms with Gasteiger partial charge < -0.3 is 9.47 Å². The molecule has 0 heterocycles. The van der Waals surface area contributed by atoms with E-state index in [1.54, 1.807) is 0 Å². The Morgan fingerprint density at radius 1 is 0.739 bits per heavy atom. The van der Waals surface area contributed by atoms with Gasteiger partial charge in [0.15, 0.2) is 12.5 Å². The Hall–Kier alpha value is -1.14. The molecule has 0 amide bonds. The van der Waals surface area contributed by atoms with Crippen LogP contribution in [0.3, 0.4) is 0 Å². The fourth-order valence-electron chi connectivity index (χ4n) is 2.14. The molecule has 0 aromatic carbocycles. The molecule has 0 aromatic rings. The van der Waals surface area contributed by atoms with Crippen LogP contribution in [-0.4, -0.2) is 37.5 Å². The zero-order chi connectivity index (χ0) is 17.5. The molecule has 2 N–H and O–H groups in total. The molecule has 0 aliphatic carbocycles. The normalized spacial score (nSPS) is 13.4. The number of carbonyl (C=O) groups excluding carboxylic acids is 2. The van der Waals surface area contributed by atoms with Crippen LogP contribution in [0.1, 0.15) is 72.6 Å². The van der Waals surface area contributed by atoms with Gasteiger partial charge in [0.25, 0.3) is 0 Å². The lowest BCUT2D eigenvalue weighted by Gasteiger charge is -2.17. The average Bonchev–Trinajstić information content (AvgIpc) is 2.53. The predicted molar refractivity (Wildman–Crippen MR) is 90.8 cm³/mol. The fraction of sp³-hybridized carbons (Fsp3) is 0.882. The van der Waals surface area contributed by atoms with Crippen molar-refractivity contribution in [2.45, 2.75) is 85.1 Å². The van der Waals surface area contributed by atoms with Gasteiger partial charge in [0.05, 0.1) is 0 Å². The monoisotopic (exact) mass is 330 g/mol. The van der Waals surface area contributed by atoms with Crippen LogP contribution in [0.5, 0.6) is 0 Å². The van der Waals surface area contributed by atoms with Crippen molar-refractivity contribution in [1.29, 1.82) is 0 Å². The van der Waals surface area contributed by atoms with Crippen molar-refractivity contribution < 1.29 is 19.1 Å². The van der Waals surface area contributed by atoms with Crippen LogP contribution in [0.2, 0.25) is 0 Å². The molecule has 0 fully saturated rings. The Kier molecular flexibility index (Phi) is 13.7. The minimum Gasteiger partial charge on any atom is -0.447 e. The van der Waals surface area contributed by atoms with Crippen LogP contribution in [0, 0.1) is 0 Å². The molecule has 6 nitrogen and oxygen atoms in total. The Morgan fingerprint density at radius 2 is 1.13 bits per heavy atom. The summed E-state index contributed by atoms with van der Waals surface area (Å²) in [4.78, 5) is 23.4. The summed E-state index contributed by atoms with van der Waals surface area (Å²) in [6, 6.07) is 0. The molecule has 0 saturated heterocycles. The van der Waals surface area contributed by atoms with Crippen molar-refractivity contribution in [1.82, 2.24) is 10.6 Å². The van der Waals surface area contributed by atoms with Gasteiger partial charge in [0.2, 0.25) is 0 Å². The van der Waals surface area contributed by atoms with Crippen LogP contribution in [-0.2, 0) is 19.1 Å². The Morgan fingerprint density at radius 3 is 1.43 bits per heavy atom. The molecule has 2 unspecified atom stereocenters. The van der Waals surface area contributed by atoms with Crippen LogP contribution in [0.4, 0.5) is 0 Å². The maximum absolute atomic E-state index is 11.7. The number of ether oxygens (including phenoxy) is 2. The van der Waals surface area contributed by atoms with Gasteiger partial charge in [-0.3, -0.25) is 20.2 Å². The van der Waals surface area contributed by atoms with Crippen LogP contribution < -0.4 is 10.6 Å². The standard InChI is InChI=1S/C17H34N2O4/c1-5-14(18-7-3)22-16(20)12-10-9-11-13-17(21)23-15(6-2)19-8-4/h14-15,18-19H,5-13H2,1-4H3. The highest BCUT2D eigenvalue weighted by Crippen LogP contribution is 2.07. The first-order valence-electron chi connectivity index (χ1n) is 8.92. The van der Waals surface area contributed by atoms with E-state index in [1.165, 1.54) is 0 Å². The molecule has 0 radical (unpaired) electrons. The maximum atomic E-state index is 11.7. The maximum Gasteiger partial charge on any atom is 0.307 e. The van der Waals surface area contributed by atoms with Crippen molar-refractivity contribution in [3.63, 3.8) is 0 Å². The first-order chi connectivity index (χ1) is 11.1. The summed E-state index contributed by atoms with van der Waals surface area (Å²) in [6.07, 6.45) is 4.21. The summed E-state index contributed by atoms with van der Waals surface area (Å²) >= 11 is 0. The highest BCUT2D eigenvalue weighted by Gasteiger charge is 2.12. The van der Waals surface area contributed by atoms with Gasteiger partial charge >= 0.3 is 11.9 Å². The van der Waals surface area contributed by atoms with Gasteiger partial charge in [-0.15, -0.1) is 0 Å². The molecule has 0 bridgehead atoms. The minimum atomic E-state index is -0.195. The lowest BCUT2D eigenvalue weighted by atomic mass is 10.1. The summed E-state index contributed by atoms with van der Waals surface area (Å²) in [5.41, 5.74) is 0. The highest BCUT2D eigenvalue weighted by atomic mass is 16.6. The largest absolute Gasteiger partial charge is 0.447 e. The van der Waals surface area contributed by atoms with Gasteiger partial charge in [0, 0.05) is 12.8 Å². The molecule has 136 valence electrons. The van der Waals surface area contributed by atoms with E-state index in [2.05, 4.69) is 10.6 Å². The number of unbranched alkanes of at least 4 members (excludes halogenated alkanes) is 2. The Labute approximate surface area is 140 Å². The van der Waals surface area contributed by atoms with Gasteiger partial charge in [-0.1, -0.05) is 34.1 Å². The summed E-state index contributed by atoms with van der Waals surface area (Å²) in [5.74, 6) is -0.364. The molecule has 0 aromatic heterocycles. The van der Waals surface area contributed by atoms with Crippen LogP contribution in [0.15, 0.2) is 0 Å². The first kappa shape index (κ1) is 21.9. The van der Waals surface area contributed by atoms with E-state index in [0.717, 1.165) is 45.2 Å². The number of hydrogen-bond acceptors (Lipinski definition) is 6. The third-order valence-electron chi connectivity index (χ3n) is 3.41. The number of hydrogen-bond donors (Lipinski definition) is 2. The SMILES string of the molecule is CCNC(CC)OC(=O)CCCCCC(=O)OC(CC)NCC. The van der Waals surface area contributed by atoms with Crippen molar-refractivity contribution in [2.75, 3.05) is 13.1 Å². The van der Waals surface area contributed by atoms with Gasteiger partial charge in [-0.2, -0.15) is 0 Å². The summed E-state index contributed by atoms with van der Waals surface area (Å²) in [6.45, 7) is 9.47. The van der Waals surface area contributed by atoms with Crippen molar-refractivity contribution in [2.24, 2.45) is 0 Å². The number of esters is 2. The zero-order valence-corrected chi connectivity index (χ0v) is 15.2. The zero-order valence-electron chi connectivity index (χ0n) is 15.2. The molecule has 0 saturated carbocycles. The molecule has 6 heteroatoms. The topological polar surface area (TPSA) is 76.7 Å². The van der Waals surface area contributed by atoms with Crippen LogP contribution >= 0.6 is 0 Å². The Bertz CT molecular complexity index is 294. The quantitative estimate of drug-likeness (QED) is 0.290. The van der Waals surface area contributed by atoms with E-state index in [4.69, 9.17) is 9.47 Å². The fourth-order valence-corrected chi connectivity index (χ4v) is 2.14. The second-order valence-electron chi connectivity index (χ2n) is 5.45. The smallest absolute Gasteiger partial charge is 0.307 e. The molecular weight excluding hydrogens is 296 g/mol. The predicted octanol–water partition coefficient (Wildman–Crippen LogP) is 2.71. The van der Waals surface area contributed by atoms with E-state index < -0.39 is 0 Å². The summed E-state index contributed by atoms with van der Waals surface area (Å²) in [5, 5.41) is 6.21. The van der Waals surface area contributed by atoms with Gasteiger partial charge in [0.1, 0.15) is 0 Å². The summed E-state index contributed by atoms with van der Waals surface area (Å²) < 4.78 is 10.6. The number of nitrogens with one attached hydrogen (secondary N) is 2. The van der Waals surface area contributed by atoms with Crippen molar-refractivity contribution in [3.8, 4) is 0 Å². The third-order valence-corrected chi connectivity index (χ3v) is 3.41. The van der Waals surface area contributed by atoms with E-state index in [9.17, 15) is 9.59 Å². The van der Waals surface area contributed by atoms with E-state index >= 15 is 0 Å². The molecule has 0 spiro atoms. The van der Waals surface area contributed by atoms with Crippen LogP contribution in [0.25, 0.3) is 0 Å². The van der Waals surface area contributed by atoms with Gasteiger partial charge in [-0.25, -0.2) is 0 Å². The lowest BCUT2D eigenvalue weighted by Crippen LogP contribution is -2.33. The van der Waals surface area contributed by atoms with E-state index in [1.807, 2.05) is 27.7 Å². The second kappa shape index (κ2) is 14.5. The van der Waals surface area contributed by atoms with E-state index in [-0.39, 0.29) is 24.4 Å². The molecule has 2 atom stereocenters. The Balaban J connectivity index is 3.71. The highest BCUT2D eigenvalue weighted by molar-refractivity contribution is 5.70. The molecule has 0 aliphatic heterocycles. The van der Waals surface area contributed by atoms with Crippen molar-refractivity contribution >= 4 is 11.9 Å². The average molecular weight is 330 g/mol. The lowest BCUT2D eigenvalue weighted by molar-refractivity contribution is -0.151. The minimum absolute atomic E-state index is 0.182. The summed E-state index contributed by atoms with van der Waals surface area (Å²) in [7, 11) is 0. The van der Waals surface area contributed by atoms with Crippen molar-refractivity contribution in [3.05, 3.63) is 0 Å². The third kappa shape index (κ3) is 12.0. The van der Waals surface area contributed by atoms with E-state index in [0.29, 0.717) is 12.8 Å². The number of rotatable bonds is 14.